The van der Waals surface area contributed by atoms with E-state index in [9.17, 15) is 9.18 Å². The maximum atomic E-state index is 13.1. The van der Waals surface area contributed by atoms with Crippen LogP contribution in [0.3, 0.4) is 0 Å². The summed E-state index contributed by atoms with van der Waals surface area (Å²) in [5, 5.41) is 9.11. The van der Waals surface area contributed by atoms with E-state index in [1.54, 1.807) is 23.9 Å². The molecule has 0 spiro atoms. The van der Waals surface area contributed by atoms with Crippen molar-refractivity contribution in [3.8, 4) is 0 Å². The minimum absolute atomic E-state index is 0.107. The van der Waals surface area contributed by atoms with Crippen LogP contribution in [0.15, 0.2) is 82.6 Å². The first-order chi connectivity index (χ1) is 14.0. The number of benzene rings is 3. The molecule has 150 valence electrons. The Morgan fingerprint density at radius 3 is 2.24 bits per heavy atom. The van der Waals surface area contributed by atoms with Crippen molar-refractivity contribution in [1.82, 2.24) is 4.90 Å². The Balaban J connectivity index is 1.72. The minimum atomic E-state index is -0.792. The molecule has 3 aromatic rings. The maximum Gasteiger partial charge on any atom is 0.304 e. The third-order valence-electron chi connectivity index (χ3n) is 4.48. The smallest absolute Gasteiger partial charge is 0.304 e. The van der Waals surface area contributed by atoms with Gasteiger partial charge in [-0.3, -0.25) is 9.69 Å². The van der Waals surface area contributed by atoms with Crippen molar-refractivity contribution in [3.05, 3.63) is 95.3 Å². The fourth-order valence-corrected chi connectivity index (χ4v) is 4.04. The zero-order valence-electron chi connectivity index (χ0n) is 16.3. The highest BCUT2D eigenvalue weighted by Gasteiger charge is 2.10. The number of aryl methyl sites for hydroxylation is 1. The quantitative estimate of drug-likeness (QED) is 0.488. The topological polar surface area (TPSA) is 40.5 Å². The van der Waals surface area contributed by atoms with E-state index in [1.807, 2.05) is 18.2 Å². The Bertz CT molecular complexity index is 959. The van der Waals surface area contributed by atoms with E-state index in [0.717, 1.165) is 15.4 Å². The summed E-state index contributed by atoms with van der Waals surface area (Å²) in [5.74, 6) is -1.03. The summed E-state index contributed by atoms with van der Waals surface area (Å²) < 4.78 is 13.1. The monoisotopic (exact) mass is 409 g/mol. The van der Waals surface area contributed by atoms with Gasteiger partial charge in [0.2, 0.25) is 0 Å². The average molecular weight is 410 g/mol. The molecule has 0 aliphatic carbocycles. The molecule has 0 amide bonds. The largest absolute Gasteiger partial charge is 0.481 e. The SMILES string of the molecule is Cc1cccc(CN(CCC(=O)O)Cc2cccc(Sc3ccc(F)cc3)c2)c1. The van der Waals surface area contributed by atoms with Crippen molar-refractivity contribution >= 4 is 17.7 Å². The second-order valence-electron chi connectivity index (χ2n) is 7.05. The normalized spacial score (nSPS) is 11.0. The molecule has 0 saturated heterocycles. The number of aliphatic carboxylic acids is 1. The predicted molar refractivity (Wildman–Crippen MR) is 115 cm³/mol. The Labute approximate surface area is 175 Å². The van der Waals surface area contributed by atoms with Gasteiger partial charge in [0, 0.05) is 29.4 Å². The lowest BCUT2D eigenvalue weighted by Crippen LogP contribution is -2.25. The van der Waals surface area contributed by atoms with Crippen molar-refractivity contribution in [2.75, 3.05) is 6.54 Å². The molecule has 0 atom stereocenters. The lowest BCUT2D eigenvalue weighted by atomic mass is 10.1. The number of rotatable bonds is 9. The zero-order valence-corrected chi connectivity index (χ0v) is 17.2. The average Bonchev–Trinajstić information content (AvgIpc) is 2.68. The molecular weight excluding hydrogens is 385 g/mol. The number of halogens is 1. The van der Waals surface area contributed by atoms with Crippen molar-refractivity contribution < 1.29 is 14.3 Å². The van der Waals surface area contributed by atoms with Gasteiger partial charge >= 0.3 is 5.97 Å². The Hall–Kier alpha value is -2.63. The van der Waals surface area contributed by atoms with E-state index < -0.39 is 5.97 Å². The molecule has 3 aromatic carbocycles. The Morgan fingerprint density at radius 1 is 0.931 bits per heavy atom. The van der Waals surface area contributed by atoms with Crippen LogP contribution in [-0.4, -0.2) is 22.5 Å². The molecule has 29 heavy (non-hydrogen) atoms. The molecule has 0 heterocycles. The first-order valence-electron chi connectivity index (χ1n) is 9.50. The molecule has 0 aliphatic heterocycles. The summed E-state index contributed by atoms with van der Waals surface area (Å²) in [6.07, 6.45) is 0.107. The summed E-state index contributed by atoms with van der Waals surface area (Å²) in [4.78, 5) is 15.3. The van der Waals surface area contributed by atoms with Crippen molar-refractivity contribution in [3.63, 3.8) is 0 Å². The van der Waals surface area contributed by atoms with Gasteiger partial charge in [0.15, 0.2) is 0 Å². The van der Waals surface area contributed by atoms with Gasteiger partial charge in [-0.15, -0.1) is 0 Å². The molecule has 0 saturated carbocycles. The Kier molecular flexibility index (Phi) is 7.44. The van der Waals surface area contributed by atoms with Gasteiger partial charge in [-0.05, 0) is 54.4 Å². The summed E-state index contributed by atoms with van der Waals surface area (Å²) in [5.41, 5.74) is 3.49. The lowest BCUT2D eigenvalue weighted by Gasteiger charge is -2.22. The molecule has 3 nitrogen and oxygen atoms in total. The van der Waals surface area contributed by atoms with E-state index in [1.165, 1.54) is 23.3 Å². The van der Waals surface area contributed by atoms with Gasteiger partial charge < -0.3 is 5.11 Å². The highest BCUT2D eigenvalue weighted by atomic mass is 32.2. The van der Waals surface area contributed by atoms with E-state index in [2.05, 4.69) is 42.2 Å². The maximum absolute atomic E-state index is 13.1. The van der Waals surface area contributed by atoms with Crippen molar-refractivity contribution in [2.24, 2.45) is 0 Å². The van der Waals surface area contributed by atoms with E-state index in [-0.39, 0.29) is 12.2 Å². The second-order valence-corrected chi connectivity index (χ2v) is 8.19. The van der Waals surface area contributed by atoms with Gasteiger partial charge in [0.25, 0.3) is 0 Å². The number of carboxylic acids is 1. The molecular formula is C24H24FNO2S. The molecule has 5 heteroatoms. The number of nitrogens with zero attached hydrogens (tertiary/aromatic N) is 1. The Morgan fingerprint density at radius 2 is 1.59 bits per heavy atom. The van der Waals surface area contributed by atoms with Crippen LogP contribution in [0.1, 0.15) is 23.1 Å². The third kappa shape index (κ3) is 7.04. The number of carboxylic acid groups (broad SMARTS) is 1. The first-order valence-corrected chi connectivity index (χ1v) is 10.3. The summed E-state index contributed by atoms with van der Waals surface area (Å²) in [6.45, 7) is 3.91. The van der Waals surface area contributed by atoms with E-state index in [0.29, 0.717) is 19.6 Å². The fraction of sp³-hybridized carbons (Fsp3) is 0.208. The molecule has 1 N–H and O–H groups in total. The molecule has 0 unspecified atom stereocenters. The van der Waals surface area contributed by atoms with Crippen LogP contribution >= 0.6 is 11.8 Å². The number of hydrogen-bond acceptors (Lipinski definition) is 3. The highest BCUT2D eigenvalue weighted by Crippen LogP contribution is 2.28. The number of hydrogen-bond donors (Lipinski definition) is 1. The summed E-state index contributed by atoms with van der Waals surface area (Å²) in [6, 6.07) is 22.9. The molecule has 0 bridgehead atoms. The molecule has 0 aromatic heterocycles. The third-order valence-corrected chi connectivity index (χ3v) is 5.48. The molecule has 0 radical (unpaired) electrons. The van der Waals surface area contributed by atoms with E-state index in [4.69, 9.17) is 5.11 Å². The van der Waals surface area contributed by atoms with Crippen LogP contribution < -0.4 is 0 Å². The zero-order chi connectivity index (χ0) is 20.6. The molecule has 3 rings (SSSR count). The van der Waals surface area contributed by atoms with Crippen LogP contribution in [0.2, 0.25) is 0 Å². The van der Waals surface area contributed by atoms with Crippen LogP contribution in [0, 0.1) is 12.7 Å². The van der Waals surface area contributed by atoms with Crippen molar-refractivity contribution in [1.29, 1.82) is 0 Å². The molecule has 0 aliphatic rings. The summed E-state index contributed by atoms with van der Waals surface area (Å²) >= 11 is 1.58. The van der Waals surface area contributed by atoms with Gasteiger partial charge in [0.05, 0.1) is 6.42 Å². The van der Waals surface area contributed by atoms with Crippen LogP contribution in [0.4, 0.5) is 4.39 Å². The lowest BCUT2D eigenvalue weighted by molar-refractivity contribution is -0.137. The summed E-state index contributed by atoms with van der Waals surface area (Å²) in [7, 11) is 0. The van der Waals surface area contributed by atoms with Crippen LogP contribution in [-0.2, 0) is 17.9 Å². The second kappa shape index (κ2) is 10.2. The standard InChI is InChI=1S/C24H24FNO2S/c1-18-4-2-5-19(14-18)16-26(13-12-24(27)28)17-20-6-3-7-23(15-20)29-22-10-8-21(25)9-11-22/h2-11,14-15H,12-13,16-17H2,1H3,(H,27,28). The fourth-order valence-electron chi connectivity index (χ4n) is 3.14. The van der Waals surface area contributed by atoms with Gasteiger partial charge in [-0.1, -0.05) is 53.7 Å². The minimum Gasteiger partial charge on any atom is -0.481 e. The molecule has 0 fully saturated rings. The first kappa shape index (κ1) is 21.1. The van der Waals surface area contributed by atoms with Gasteiger partial charge in [-0.2, -0.15) is 0 Å². The predicted octanol–water partition coefficient (Wildman–Crippen LogP) is 5.76. The van der Waals surface area contributed by atoms with Gasteiger partial charge in [0.1, 0.15) is 5.82 Å². The van der Waals surface area contributed by atoms with Gasteiger partial charge in [-0.25, -0.2) is 4.39 Å². The van der Waals surface area contributed by atoms with Crippen LogP contribution in [0.25, 0.3) is 0 Å². The number of carbonyl (C=O) groups is 1. The van der Waals surface area contributed by atoms with Crippen LogP contribution in [0.5, 0.6) is 0 Å². The van der Waals surface area contributed by atoms with Crippen molar-refractivity contribution in [2.45, 2.75) is 36.2 Å². The highest BCUT2D eigenvalue weighted by molar-refractivity contribution is 7.99. The van der Waals surface area contributed by atoms with E-state index >= 15 is 0 Å².